The molecule has 0 aliphatic heterocycles. The minimum absolute atomic E-state index is 0.156. The number of imidazole rings is 1. The zero-order valence-electron chi connectivity index (χ0n) is 16.7. The highest BCUT2D eigenvalue weighted by molar-refractivity contribution is 5.94. The van der Waals surface area contributed by atoms with Crippen molar-refractivity contribution in [1.82, 2.24) is 9.55 Å². The van der Waals surface area contributed by atoms with Crippen molar-refractivity contribution in [3.8, 4) is 5.75 Å². The Labute approximate surface area is 175 Å². The molecule has 1 heterocycles. The number of carbonyl (C=O) groups excluding carboxylic acids is 2. The largest absolute Gasteiger partial charge is 0.497 e. The summed E-state index contributed by atoms with van der Waals surface area (Å²) in [5.41, 5.74) is 1.64. The third-order valence-corrected chi connectivity index (χ3v) is 4.43. The van der Waals surface area contributed by atoms with Gasteiger partial charge in [-0.1, -0.05) is 24.8 Å². The van der Waals surface area contributed by atoms with Crippen molar-refractivity contribution in [2.75, 3.05) is 12.4 Å². The van der Waals surface area contributed by atoms with Crippen LogP contribution in [0.3, 0.4) is 0 Å². The molecule has 3 rings (SSSR count). The van der Waals surface area contributed by atoms with Crippen LogP contribution in [0.5, 0.6) is 5.75 Å². The Bertz CT molecular complexity index is 998. The quantitative estimate of drug-likeness (QED) is 0.430. The highest BCUT2D eigenvalue weighted by atomic mass is 16.5. The zero-order chi connectivity index (χ0) is 21.3. The van der Waals surface area contributed by atoms with E-state index < -0.39 is 12.1 Å². The number of nitrogens with one attached hydrogen (secondary N) is 1. The molecule has 1 N–H and O–H groups in total. The van der Waals surface area contributed by atoms with Gasteiger partial charge in [-0.2, -0.15) is 0 Å². The Hall–Kier alpha value is -3.87. The van der Waals surface area contributed by atoms with E-state index in [1.165, 1.54) is 0 Å². The van der Waals surface area contributed by atoms with E-state index in [4.69, 9.17) is 9.47 Å². The first-order valence-electron chi connectivity index (χ1n) is 9.42. The fourth-order valence-corrected chi connectivity index (χ4v) is 2.83. The summed E-state index contributed by atoms with van der Waals surface area (Å²) in [6, 6.07) is 13.9. The molecule has 7 heteroatoms. The van der Waals surface area contributed by atoms with Crippen molar-refractivity contribution in [2.45, 2.75) is 19.1 Å². The molecule has 0 bridgehead atoms. The Morgan fingerprint density at radius 3 is 2.70 bits per heavy atom. The molecule has 0 saturated carbocycles. The minimum atomic E-state index is -0.600. The van der Waals surface area contributed by atoms with Crippen molar-refractivity contribution < 1.29 is 19.1 Å². The lowest BCUT2D eigenvalue weighted by Crippen LogP contribution is -2.15. The van der Waals surface area contributed by atoms with Crippen LogP contribution in [0.15, 0.2) is 79.9 Å². The van der Waals surface area contributed by atoms with Gasteiger partial charge in [0.2, 0.25) is 5.91 Å². The van der Waals surface area contributed by atoms with Gasteiger partial charge in [0.1, 0.15) is 11.9 Å². The summed E-state index contributed by atoms with van der Waals surface area (Å²) in [5.74, 6) is 0.0472. The number of aryl methyl sites for hydroxylation is 1. The van der Waals surface area contributed by atoms with E-state index in [1.54, 1.807) is 68.3 Å². The van der Waals surface area contributed by atoms with Crippen LogP contribution in [0.1, 0.15) is 28.4 Å². The van der Waals surface area contributed by atoms with E-state index in [0.29, 0.717) is 30.0 Å². The number of hydrogen-bond acceptors (Lipinski definition) is 5. The van der Waals surface area contributed by atoms with Crippen LogP contribution in [0.2, 0.25) is 0 Å². The molecule has 7 nitrogen and oxygen atoms in total. The van der Waals surface area contributed by atoms with Crippen LogP contribution < -0.4 is 10.1 Å². The van der Waals surface area contributed by atoms with E-state index in [-0.39, 0.29) is 5.91 Å². The highest BCUT2D eigenvalue weighted by Crippen LogP contribution is 2.23. The molecule has 1 unspecified atom stereocenters. The van der Waals surface area contributed by atoms with Gasteiger partial charge in [-0.05, 0) is 42.0 Å². The maximum atomic E-state index is 12.6. The summed E-state index contributed by atoms with van der Waals surface area (Å²) < 4.78 is 12.5. The Morgan fingerprint density at radius 1 is 1.23 bits per heavy atom. The molecular weight excluding hydrogens is 382 g/mol. The number of esters is 1. The number of methoxy groups -OCH3 is 1. The molecule has 154 valence electrons. The summed E-state index contributed by atoms with van der Waals surface area (Å²) >= 11 is 0. The van der Waals surface area contributed by atoms with Gasteiger partial charge in [-0.3, -0.25) is 4.79 Å². The monoisotopic (exact) mass is 405 g/mol. The van der Waals surface area contributed by atoms with Crippen molar-refractivity contribution in [3.05, 3.63) is 91.0 Å². The molecule has 0 aliphatic carbocycles. The third-order valence-electron chi connectivity index (χ3n) is 4.43. The second kappa shape index (κ2) is 10.1. The molecule has 1 atom stereocenters. The molecule has 30 heavy (non-hydrogen) atoms. The fraction of sp³-hybridized carbons (Fsp3) is 0.174. The molecule has 0 saturated heterocycles. The summed E-state index contributed by atoms with van der Waals surface area (Å²) in [6.45, 7) is 4.28. The first-order valence-corrected chi connectivity index (χ1v) is 9.42. The van der Waals surface area contributed by atoms with Crippen LogP contribution in [-0.4, -0.2) is 28.5 Å². The smallest absolute Gasteiger partial charge is 0.339 e. The van der Waals surface area contributed by atoms with Crippen molar-refractivity contribution in [2.24, 2.45) is 0 Å². The number of nitrogens with zero attached hydrogens (tertiary/aromatic N) is 2. The minimum Gasteiger partial charge on any atom is -0.497 e. The van der Waals surface area contributed by atoms with Crippen LogP contribution in [0.25, 0.3) is 0 Å². The number of hydrogen-bond donors (Lipinski definition) is 1. The number of anilines is 1. The SMILES string of the molecule is C=CC(OC(=O)c1cccc(NC(=O)CCn2ccnc2)c1)c1ccc(OC)cc1. The maximum Gasteiger partial charge on any atom is 0.339 e. The molecule has 2 aromatic carbocycles. The molecule has 1 aromatic heterocycles. The Balaban J connectivity index is 1.61. The van der Waals surface area contributed by atoms with Gasteiger partial charge in [0.15, 0.2) is 0 Å². The van der Waals surface area contributed by atoms with Gasteiger partial charge in [0, 0.05) is 31.0 Å². The molecular formula is C23H23N3O4. The van der Waals surface area contributed by atoms with Crippen LogP contribution in [0, 0.1) is 0 Å². The van der Waals surface area contributed by atoms with Gasteiger partial charge in [0.25, 0.3) is 0 Å². The number of amides is 1. The maximum absolute atomic E-state index is 12.6. The van der Waals surface area contributed by atoms with Crippen molar-refractivity contribution >= 4 is 17.6 Å². The fourth-order valence-electron chi connectivity index (χ4n) is 2.83. The van der Waals surface area contributed by atoms with Gasteiger partial charge >= 0.3 is 5.97 Å². The molecule has 3 aromatic rings. The molecule has 0 radical (unpaired) electrons. The number of aromatic nitrogens is 2. The van der Waals surface area contributed by atoms with E-state index in [2.05, 4.69) is 16.9 Å². The van der Waals surface area contributed by atoms with Crippen LogP contribution in [0.4, 0.5) is 5.69 Å². The van der Waals surface area contributed by atoms with E-state index in [9.17, 15) is 9.59 Å². The number of rotatable bonds is 9. The third kappa shape index (κ3) is 5.57. The number of ether oxygens (including phenoxy) is 2. The second-order valence-electron chi connectivity index (χ2n) is 6.51. The lowest BCUT2D eigenvalue weighted by molar-refractivity contribution is -0.116. The van der Waals surface area contributed by atoms with Crippen LogP contribution >= 0.6 is 0 Å². The van der Waals surface area contributed by atoms with Gasteiger partial charge in [0.05, 0.1) is 19.0 Å². The normalized spacial score (nSPS) is 11.4. The Morgan fingerprint density at radius 2 is 2.03 bits per heavy atom. The second-order valence-corrected chi connectivity index (χ2v) is 6.51. The lowest BCUT2D eigenvalue weighted by atomic mass is 10.1. The van der Waals surface area contributed by atoms with Gasteiger partial charge in [-0.15, -0.1) is 0 Å². The van der Waals surface area contributed by atoms with Crippen molar-refractivity contribution in [3.63, 3.8) is 0 Å². The molecule has 1 amide bonds. The predicted octanol–water partition coefficient (Wildman–Crippen LogP) is 4.00. The number of benzene rings is 2. The molecule has 0 aliphatic rings. The average Bonchev–Trinajstić information content (AvgIpc) is 3.30. The van der Waals surface area contributed by atoms with Crippen molar-refractivity contribution in [1.29, 1.82) is 0 Å². The topological polar surface area (TPSA) is 82.5 Å². The summed E-state index contributed by atoms with van der Waals surface area (Å²) in [7, 11) is 1.59. The first kappa shape index (κ1) is 20.9. The standard InChI is InChI=1S/C23H23N3O4/c1-3-21(17-7-9-20(29-2)10-8-17)30-23(28)18-5-4-6-19(15-18)25-22(27)11-13-26-14-12-24-16-26/h3-10,12,14-16,21H,1,11,13H2,2H3,(H,25,27). The molecule has 0 fully saturated rings. The summed E-state index contributed by atoms with van der Waals surface area (Å²) in [5, 5.41) is 2.80. The average molecular weight is 405 g/mol. The first-order chi connectivity index (χ1) is 14.6. The van der Waals surface area contributed by atoms with Crippen LogP contribution in [-0.2, 0) is 16.1 Å². The lowest BCUT2D eigenvalue weighted by Gasteiger charge is -2.15. The van der Waals surface area contributed by atoms with Gasteiger partial charge < -0.3 is 19.4 Å². The number of carbonyl (C=O) groups is 2. The summed E-state index contributed by atoms with van der Waals surface area (Å²) in [4.78, 5) is 28.7. The molecule has 0 spiro atoms. The summed E-state index contributed by atoms with van der Waals surface area (Å²) in [6.07, 6.45) is 6.36. The van der Waals surface area contributed by atoms with E-state index >= 15 is 0 Å². The predicted molar refractivity (Wildman–Crippen MR) is 113 cm³/mol. The Kier molecular flexibility index (Phi) is 7.00. The highest BCUT2D eigenvalue weighted by Gasteiger charge is 2.16. The van der Waals surface area contributed by atoms with Gasteiger partial charge in [-0.25, -0.2) is 9.78 Å². The zero-order valence-corrected chi connectivity index (χ0v) is 16.7. The van der Waals surface area contributed by atoms with E-state index in [0.717, 1.165) is 5.56 Å². The van der Waals surface area contributed by atoms with E-state index in [1.807, 2.05) is 16.7 Å².